The number of allylic oxidation sites excluding steroid dienone is 6. The van der Waals surface area contributed by atoms with E-state index in [2.05, 4.69) is 30.0 Å². The molecule has 0 bridgehead atoms. The Kier molecular flexibility index (Phi) is 5.17. The van der Waals surface area contributed by atoms with E-state index in [4.69, 9.17) is 0 Å². The van der Waals surface area contributed by atoms with Gasteiger partial charge in [-0.15, -0.1) is 5.73 Å². The van der Waals surface area contributed by atoms with Crippen LogP contribution in [0, 0.1) is 0 Å². The Morgan fingerprint density at radius 2 is 1.92 bits per heavy atom. The molecule has 0 heterocycles. The van der Waals surface area contributed by atoms with Gasteiger partial charge in [0.15, 0.2) is 10.1 Å². The van der Waals surface area contributed by atoms with Gasteiger partial charge in [-0.05, 0) is 24.3 Å². The lowest BCUT2D eigenvalue weighted by molar-refractivity contribution is -0.126. The number of halogens is 3. The summed E-state index contributed by atoms with van der Waals surface area (Å²) in [5, 5.41) is 0.294. The molecule has 0 radical (unpaired) electrons. The molecule has 1 aromatic carbocycles. The summed E-state index contributed by atoms with van der Waals surface area (Å²) in [4.78, 5) is 2.24. The first-order valence-corrected chi connectivity index (χ1v) is 9.14. The van der Waals surface area contributed by atoms with Gasteiger partial charge in [0.2, 0.25) is 0 Å². The first kappa shape index (κ1) is 16.9. The van der Waals surface area contributed by atoms with E-state index in [1.807, 2.05) is 30.4 Å². The number of hydrogen-bond donors (Lipinski definition) is 0. The van der Waals surface area contributed by atoms with Gasteiger partial charge in [-0.25, -0.2) is 0 Å². The predicted octanol–water partition coefficient (Wildman–Crippen LogP) is 5.87. The van der Waals surface area contributed by atoms with Gasteiger partial charge in [0.05, 0.1) is 17.3 Å². The summed E-state index contributed by atoms with van der Waals surface area (Å²) < 4.78 is 38.2. The Labute approximate surface area is 143 Å². The lowest BCUT2D eigenvalue weighted by Crippen LogP contribution is -2.23. The summed E-state index contributed by atoms with van der Waals surface area (Å²) in [6.45, 7) is 0. The standard InChI is InChI=1S/C20H18F3S/c21-20(22,23)15-16-8-7-13-19(14-16)24(17-9-3-1-4-10-17)18-11-5-2-6-12-18/h1-7,9-11,14,18H,12-13,15H2/q+1. The van der Waals surface area contributed by atoms with E-state index in [1.165, 1.54) is 4.90 Å². The highest BCUT2D eigenvalue weighted by molar-refractivity contribution is 8.01. The Balaban J connectivity index is 1.93. The third kappa shape index (κ3) is 4.34. The zero-order valence-corrected chi connectivity index (χ0v) is 13.9. The fraction of sp³-hybridized carbons (Fsp3) is 0.250. The quantitative estimate of drug-likeness (QED) is 0.472. The number of rotatable bonds is 4. The third-order valence-electron chi connectivity index (χ3n) is 3.84. The minimum absolute atomic E-state index is 0.229. The van der Waals surface area contributed by atoms with Crippen LogP contribution in [-0.2, 0) is 10.9 Å². The Hall–Kier alpha value is -1.90. The third-order valence-corrected chi connectivity index (χ3v) is 6.43. The Morgan fingerprint density at radius 3 is 2.58 bits per heavy atom. The molecule has 1 aromatic rings. The van der Waals surface area contributed by atoms with Crippen molar-refractivity contribution < 1.29 is 13.2 Å². The van der Waals surface area contributed by atoms with Crippen molar-refractivity contribution in [3.8, 4) is 0 Å². The Morgan fingerprint density at radius 1 is 1.12 bits per heavy atom. The number of alkyl halides is 3. The molecule has 0 N–H and O–H groups in total. The Bertz CT molecular complexity index is 732. The predicted molar refractivity (Wildman–Crippen MR) is 93.7 cm³/mol. The van der Waals surface area contributed by atoms with Crippen LogP contribution in [0.25, 0.3) is 0 Å². The molecule has 0 fully saturated rings. The molecule has 0 saturated carbocycles. The molecule has 2 aliphatic carbocycles. The van der Waals surface area contributed by atoms with Crippen molar-refractivity contribution in [2.24, 2.45) is 0 Å². The van der Waals surface area contributed by atoms with E-state index in [0.29, 0.717) is 11.7 Å². The maximum absolute atomic E-state index is 12.7. The first-order valence-electron chi connectivity index (χ1n) is 7.86. The minimum atomic E-state index is -4.20. The molecule has 0 nitrogen and oxygen atoms in total. The molecule has 0 aromatic heterocycles. The topological polar surface area (TPSA) is 0 Å². The molecule has 0 aliphatic heterocycles. The minimum Gasteiger partial charge on any atom is -0.171 e. The van der Waals surface area contributed by atoms with E-state index in [0.717, 1.165) is 11.3 Å². The van der Waals surface area contributed by atoms with Crippen molar-refractivity contribution >= 4 is 10.9 Å². The van der Waals surface area contributed by atoms with Crippen molar-refractivity contribution in [1.82, 2.24) is 0 Å². The van der Waals surface area contributed by atoms with Crippen LogP contribution in [0.15, 0.2) is 87.9 Å². The van der Waals surface area contributed by atoms with E-state index in [1.54, 1.807) is 12.2 Å². The van der Waals surface area contributed by atoms with Crippen molar-refractivity contribution in [3.63, 3.8) is 0 Å². The molecule has 24 heavy (non-hydrogen) atoms. The molecular weight excluding hydrogens is 329 g/mol. The monoisotopic (exact) mass is 347 g/mol. The van der Waals surface area contributed by atoms with E-state index < -0.39 is 12.6 Å². The molecule has 0 amide bonds. The van der Waals surface area contributed by atoms with Crippen molar-refractivity contribution in [1.29, 1.82) is 0 Å². The van der Waals surface area contributed by atoms with Crippen molar-refractivity contribution in [3.05, 3.63) is 83.0 Å². The normalized spacial score (nSPS) is 21.4. The highest BCUT2D eigenvalue weighted by Crippen LogP contribution is 2.36. The van der Waals surface area contributed by atoms with E-state index in [-0.39, 0.29) is 16.5 Å². The first-order chi connectivity index (χ1) is 11.5. The van der Waals surface area contributed by atoms with E-state index >= 15 is 0 Å². The second kappa shape index (κ2) is 7.33. The zero-order valence-electron chi connectivity index (χ0n) is 13.1. The molecule has 0 spiro atoms. The second-order valence-corrected chi connectivity index (χ2v) is 8.00. The molecule has 3 rings (SSSR count). The van der Waals surface area contributed by atoms with Gasteiger partial charge in [-0.2, -0.15) is 13.2 Å². The highest BCUT2D eigenvalue weighted by atomic mass is 32.2. The van der Waals surface area contributed by atoms with Crippen molar-refractivity contribution in [2.45, 2.75) is 35.6 Å². The summed E-state index contributed by atoms with van der Waals surface area (Å²) in [5.41, 5.74) is 3.01. The van der Waals surface area contributed by atoms with Crippen molar-refractivity contribution in [2.75, 3.05) is 0 Å². The summed E-state index contributed by atoms with van der Waals surface area (Å²) in [6.07, 6.45) is 8.25. The van der Waals surface area contributed by atoms with Gasteiger partial charge < -0.3 is 0 Å². The maximum atomic E-state index is 12.7. The van der Waals surface area contributed by atoms with Crippen LogP contribution in [0.5, 0.6) is 0 Å². The van der Waals surface area contributed by atoms with E-state index in [9.17, 15) is 13.2 Å². The number of hydrogen-bond acceptors (Lipinski definition) is 0. The van der Waals surface area contributed by atoms with Crippen LogP contribution in [0.3, 0.4) is 0 Å². The second-order valence-electron chi connectivity index (χ2n) is 5.72. The summed E-state index contributed by atoms with van der Waals surface area (Å²) >= 11 is 0. The maximum Gasteiger partial charge on any atom is 0.393 e. The van der Waals surface area contributed by atoms with Gasteiger partial charge >= 0.3 is 6.18 Å². The highest BCUT2D eigenvalue weighted by Gasteiger charge is 2.37. The lowest BCUT2D eigenvalue weighted by Gasteiger charge is -2.19. The van der Waals surface area contributed by atoms with Gasteiger partial charge in [-0.1, -0.05) is 36.4 Å². The summed E-state index contributed by atoms with van der Waals surface area (Å²) in [6, 6.07) is 10.1. The number of benzene rings is 1. The fourth-order valence-corrected chi connectivity index (χ4v) is 5.44. The average Bonchev–Trinajstić information content (AvgIpc) is 2.56. The SMILES string of the molecule is FC(F)(F)CC1=C=CCC([S+](c2ccccc2)C2C=CC=CC2)=C1. The van der Waals surface area contributed by atoms with Gasteiger partial charge in [0.1, 0.15) is 4.91 Å². The van der Waals surface area contributed by atoms with Crippen LogP contribution in [0.2, 0.25) is 0 Å². The molecule has 0 saturated heterocycles. The molecule has 124 valence electrons. The fourth-order valence-electron chi connectivity index (χ4n) is 2.87. The van der Waals surface area contributed by atoms with Gasteiger partial charge in [0, 0.05) is 24.5 Å². The largest absolute Gasteiger partial charge is 0.393 e. The molecule has 2 atom stereocenters. The summed E-state index contributed by atoms with van der Waals surface area (Å²) in [5.74, 6) is 0. The molecule has 2 unspecified atom stereocenters. The van der Waals surface area contributed by atoms with Crippen LogP contribution < -0.4 is 0 Å². The molecule has 4 heteroatoms. The lowest BCUT2D eigenvalue weighted by atomic mass is 10.1. The summed E-state index contributed by atoms with van der Waals surface area (Å²) in [7, 11) is -0.246. The van der Waals surface area contributed by atoms with Gasteiger partial charge in [-0.3, -0.25) is 0 Å². The van der Waals surface area contributed by atoms with Crippen LogP contribution >= 0.6 is 0 Å². The average molecular weight is 347 g/mol. The van der Waals surface area contributed by atoms with Crippen LogP contribution in [0.1, 0.15) is 19.3 Å². The van der Waals surface area contributed by atoms with Crippen LogP contribution in [-0.4, -0.2) is 11.4 Å². The smallest absolute Gasteiger partial charge is 0.171 e. The molecular formula is C20H18F3S+. The van der Waals surface area contributed by atoms with Crippen LogP contribution in [0.4, 0.5) is 13.2 Å². The molecule has 2 aliphatic rings. The van der Waals surface area contributed by atoms with Gasteiger partial charge in [0.25, 0.3) is 0 Å². The zero-order chi connectivity index (χ0) is 17.0.